The summed E-state index contributed by atoms with van der Waals surface area (Å²) in [6, 6.07) is 2.62. The molecule has 1 heterocycles. The fourth-order valence-electron chi connectivity index (χ4n) is 1.47. The van der Waals surface area contributed by atoms with Crippen LogP contribution in [-0.2, 0) is 10.0 Å². The zero-order valence-electron chi connectivity index (χ0n) is 9.44. The normalized spacial score (nSPS) is 11.6. The first-order valence-corrected chi connectivity index (χ1v) is 6.74. The van der Waals surface area contributed by atoms with E-state index in [0.29, 0.717) is 5.69 Å². The molecule has 0 saturated heterocycles. The zero-order chi connectivity index (χ0) is 14.0. The molecule has 11 heteroatoms. The number of benzene rings is 1. The van der Waals surface area contributed by atoms with E-state index in [1.165, 1.54) is 12.1 Å². The Morgan fingerprint density at radius 2 is 2.05 bits per heavy atom. The van der Waals surface area contributed by atoms with E-state index in [9.17, 15) is 18.5 Å². The summed E-state index contributed by atoms with van der Waals surface area (Å²) in [6.45, 7) is 0.0403. The van der Waals surface area contributed by atoms with E-state index in [1.807, 2.05) is 0 Å². The molecule has 19 heavy (non-hydrogen) atoms. The summed E-state index contributed by atoms with van der Waals surface area (Å²) in [5.41, 5.74) is 0.285. The van der Waals surface area contributed by atoms with Gasteiger partial charge in [-0.15, -0.1) is 0 Å². The van der Waals surface area contributed by atoms with Gasteiger partial charge in [0.05, 0.1) is 16.4 Å². The molecular weight excluding hydrogens is 278 g/mol. The molecule has 0 amide bonds. The van der Waals surface area contributed by atoms with Crippen LogP contribution in [0.4, 0.5) is 11.4 Å². The number of nitrogens with one attached hydrogen (secondary N) is 1. The van der Waals surface area contributed by atoms with Crippen molar-refractivity contribution in [1.82, 2.24) is 10.3 Å². The van der Waals surface area contributed by atoms with Crippen LogP contribution in [0.5, 0.6) is 0 Å². The number of hydrogen-bond acceptors (Lipinski definition) is 8. The number of nitro benzene ring substituents is 1. The second kappa shape index (κ2) is 4.78. The van der Waals surface area contributed by atoms with E-state index < -0.39 is 14.9 Å². The largest absolute Gasteiger partial charge is 0.382 e. The number of sulfonamides is 1. The van der Waals surface area contributed by atoms with Gasteiger partial charge in [-0.05, 0) is 16.4 Å². The highest BCUT2D eigenvalue weighted by molar-refractivity contribution is 7.89. The van der Waals surface area contributed by atoms with Crippen molar-refractivity contribution in [3.8, 4) is 0 Å². The van der Waals surface area contributed by atoms with Crippen molar-refractivity contribution < 1.29 is 18.0 Å². The number of rotatable bonds is 5. The monoisotopic (exact) mass is 287 g/mol. The number of nitro groups is 1. The van der Waals surface area contributed by atoms with Gasteiger partial charge in [0.25, 0.3) is 0 Å². The molecule has 1 aromatic heterocycles. The molecule has 0 aliphatic heterocycles. The fourth-order valence-corrected chi connectivity index (χ4v) is 1.86. The number of nitrogens with two attached hydrogens (primary N) is 1. The minimum absolute atomic E-state index is 0.00870. The lowest BCUT2D eigenvalue weighted by molar-refractivity contribution is -0.383. The summed E-state index contributed by atoms with van der Waals surface area (Å²) in [6.07, 6.45) is 0. The van der Waals surface area contributed by atoms with Crippen molar-refractivity contribution >= 4 is 32.4 Å². The lowest BCUT2D eigenvalue weighted by atomic mass is 10.2. The van der Waals surface area contributed by atoms with E-state index in [-0.39, 0.29) is 29.0 Å². The molecule has 0 saturated carbocycles. The molecule has 3 N–H and O–H groups in total. The van der Waals surface area contributed by atoms with Crippen molar-refractivity contribution in [3.63, 3.8) is 0 Å². The Labute approximate surface area is 106 Å². The van der Waals surface area contributed by atoms with Crippen LogP contribution in [0.25, 0.3) is 11.0 Å². The van der Waals surface area contributed by atoms with Gasteiger partial charge in [-0.3, -0.25) is 10.1 Å². The molecule has 0 fully saturated rings. The van der Waals surface area contributed by atoms with E-state index in [1.54, 1.807) is 0 Å². The second-order valence-electron chi connectivity index (χ2n) is 3.64. The Bertz CT molecular complexity index is 724. The first kappa shape index (κ1) is 13.2. The van der Waals surface area contributed by atoms with Gasteiger partial charge in [0, 0.05) is 12.6 Å². The number of aromatic nitrogens is 2. The molecule has 10 nitrogen and oxygen atoms in total. The third-order valence-corrected chi connectivity index (χ3v) is 3.07. The highest BCUT2D eigenvalue weighted by Gasteiger charge is 2.19. The minimum Gasteiger partial charge on any atom is -0.382 e. The standard InChI is InChI=1S/C8H9N5O5S/c9-19(16,17)4-3-10-5-1-2-6(13(14)15)8-7(5)11-18-12-8/h1-2,10H,3-4H2,(H2,9,16,17). The summed E-state index contributed by atoms with van der Waals surface area (Å²) >= 11 is 0. The molecular formula is C8H9N5O5S. The molecule has 0 atom stereocenters. The minimum atomic E-state index is -3.59. The van der Waals surface area contributed by atoms with Crippen molar-refractivity contribution in [1.29, 1.82) is 0 Å². The molecule has 0 aliphatic carbocycles. The van der Waals surface area contributed by atoms with Gasteiger partial charge in [0.15, 0.2) is 5.52 Å². The van der Waals surface area contributed by atoms with Crippen molar-refractivity contribution in [2.24, 2.45) is 5.14 Å². The van der Waals surface area contributed by atoms with Gasteiger partial charge in [0.1, 0.15) is 0 Å². The average molecular weight is 287 g/mol. The maximum absolute atomic E-state index is 10.8. The number of anilines is 1. The van der Waals surface area contributed by atoms with Crippen molar-refractivity contribution in [2.75, 3.05) is 17.6 Å². The predicted octanol–water partition coefficient (Wildman–Crippen LogP) is -0.169. The summed E-state index contributed by atoms with van der Waals surface area (Å²) in [7, 11) is -3.59. The van der Waals surface area contributed by atoms with Crippen LogP contribution in [0.15, 0.2) is 16.8 Å². The lowest BCUT2D eigenvalue weighted by Crippen LogP contribution is -2.22. The number of nitrogens with zero attached hydrogens (tertiary/aromatic N) is 3. The van der Waals surface area contributed by atoms with Crippen molar-refractivity contribution in [3.05, 3.63) is 22.2 Å². The van der Waals surface area contributed by atoms with Crippen LogP contribution in [0.3, 0.4) is 0 Å². The third-order valence-electron chi connectivity index (χ3n) is 2.29. The topological polar surface area (TPSA) is 154 Å². The first-order chi connectivity index (χ1) is 8.88. The maximum atomic E-state index is 10.8. The predicted molar refractivity (Wildman–Crippen MR) is 64.9 cm³/mol. The van der Waals surface area contributed by atoms with Gasteiger partial charge in [0.2, 0.25) is 15.5 Å². The third kappa shape index (κ3) is 2.95. The van der Waals surface area contributed by atoms with Crippen LogP contribution in [-0.4, -0.2) is 36.0 Å². The Morgan fingerprint density at radius 3 is 2.68 bits per heavy atom. The van der Waals surface area contributed by atoms with Gasteiger partial charge in [-0.1, -0.05) is 0 Å². The lowest BCUT2D eigenvalue weighted by Gasteiger charge is -2.04. The molecule has 0 bridgehead atoms. The Kier molecular flexibility index (Phi) is 3.31. The smallest absolute Gasteiger partial charge is 0.300 e. The number of fused-ring (bicyclic) bond motifs is 1. The molecule has 2 aromatic rings. The molecule has 102 valence electrons. The van der Waals surface area contributed by atoms with Gasteiger partial charge in [-0.2, -0.15) is 0 Å². The SMILES string of the molecule is NS(=O)(=O)CCNc1ccc([N+](=O)[O-])c2nonc12. The van der Waals surface area contributed by atoms with Gasteiger partial charge in [-0.25, -0.2) is 18.2 Å². The van der Waals surface area contributed by atoms with Gasteiger partial charge < -0.3 is 5.32 Å². The van der Waals surface area contributed by atoms with Crippen LogP contribution in [0, 0.1) is 10.1 Å². The molecule has 2 rings (SSSR count). The van der Waals surface area contributed by atoms with Crippen LogP contribution in [0.2, 0.25) is 0 Å². The van der Waals surface area contributed by atoms with Crippen LogP contribution >= 0.6 is 0 Å². The van der Waals surface area contributed by atoms with Crippen molar-refractivity contribution in [2.45, 2.75) is 0 Å². The highest BCUT2D eigenvalue weighted by Crippen LogP contribution is 2.28. The van der Waals surface area contributed by atoms with E-state index in [4.69, 9.17) is 5.14 Å². The second-order valence-corrected chi connectivity index (χ2v) is 5.38. The Balaban J connectivity index is 2.28. The quantitative estimate of drug-likeness (QED) is 0.567. The van der Waals surface area contributed by atoms with E-state index in [0.717, 1.165) is 0 Å². The summed E-state index contributed by atoms with van der Waals surface area (Å²) in [5, 5.41) is 25.3. The number of hydrogen-bond donors (Lipinski definition) is 2. The zero-order valence-corrected chi connectivity index (χ0v) is 10.3. The summed E-state index contributed by atoms with van der Waals surface area (Å²) < 4.78 is 26.0. The maximum Gasteiger partial charge on any atom is 0.300 e. The summed E-state index contributed by atoms with van der Waals surface area (Å²) in [5.74, 6) is -0.281. The molecule has 1 aromatic carbocycles. The summed E-state index contributed by atoms with van der Waals surface area (Å²) in [4.78, 5) is 10.1. The van der Waals surface area contributed by atoms with E-state index in [2.05, 4.69) is 20.3 Å². The van der Waals surface area contributed by atoms with Gasteiger partial charge >= 0.3 is 5.69 Å². The fraction of sp³-hybridized carbons (Fsp3) is 0.250. The number of non-ortho nitro benzene ring substituents is 1. The first-order valence-electron chi connectivity index (χ1n) is 5.02. The number of primary sulfonamides is 1. The molecule has 0 spiro atoms. The molecule has 0 aliphatic rings. The molecule has 0 unspecified atom stereocenters. The Morgan fingerprint density at radius 1 is 1.37 bits per heavy atom. The average Bonchev–Trinajstić information content (AvgIpc) is 2.76. The van der Waals surface area contributed by atoms with Crippen LogP contribution in [0.1, 0.15) is 0 Å². The highest BCUT2D eigenvalue weighted by atomic mass is 32.2. The molecule has 0 radical (unpaired) electrons. The Hall–Kier alpha value is -2.27. The van der Waals surface area contributed by atoms with Crippen LogP contribution < -0.4 is 10.5 Å². The van der Waals surface area contributed by atoms with E-state index >= 15 is 0 Å².